The van der Waals surface area contributed by atoms with E-state index in [1.165, 1.54) is 11.8 Å². The molecule has 8 heteroatoms. The fourth-order valence-electron chi connectivity index (χ4n) is 3.17. The first-order valence-corrected chi connectivity index (χ1v) is 10.2. The molecule has 5 N–H and O–H groups in total. The van der Waals surface area contributed by atoms with Crippen molar-refractivity contribution in [3.05, 3.63) is 65.4 Å². The van der Waals surface area contributed by atoms with Crippen molar-refractivity contribution in [1.29, 1.82) is 0 Å². The van der Waals surface area contributed by atoms with Crippen molar-refractivity contribution in [2.75, 3.05) is 11.1 Å². The van der Waals surface area contributed by atoms with Crippen LogP contribution in [-0.4, -0.2) is 27.8 Å². The Bertz CT molecular complexity index is 1130. The predicted molar refractivity (Wildman–Crippen MR) is 120 cm³/mol. The number of amidine groups is 1. The molecular formula is C21H22N6OS. The summed E-state index contributed by atoms with van der Waals surface area (Å²) in [7, 11) is 0. The van der Waals surface area contributed by atoms with Gasteiger partial charge in [-0.1, -0.05) is 42.1 Å². The largest absolute Gasteiger partial charge is 0.370 e. The van der Waals surface area contributed by atoms with Crippen molar-refractivity contribution in [3.8, 4) is 0 Å². The van der Waals surface area contributed by atoms with E-state index in [2.05, 4.69) is 25.6 Å². The molecule has 7 nitrogen and oxygen atoms in total. The molecule has 0 aliphatic carbocycles. The van der Waals surface area contributed by atoms with Crippen LogP contribution < -0.4 is 16.4 Å². The number of nitrogens with zero attached hydrogens (tertiary/aromatic N) is 2. The van der Waals surface area contributed by atoms with E-state index in [-0.39, 0.29) is 17.6 Å². The third kappa shape index (κ3) is 4.12. The van der Waals surface area contributed by atoms with Gasteiger partial charge in [0.15, 0.2) is 17.3 Å². The average Bonchev–Trinajstić information content (AvgIpc) is 3.14. The van der Waals surface area contributed by atoms with Gasteiger partial charge in [0.25, 0.3) is 0 Å². The number of aromatic amines is 1. The van der Waals surface area contributed by atoms with Gasteiger partial charge in [0.05, 0.1) is 5.75 Å². The van der Waals surface area contributed by atoms with Crippen LogP contribution in [0.1, 0.15) is 22.9 Å². The number of para-hydroxylation sites is 1. The summed E-state index contributed by atoms with van der Waals surface area (Å²) < 4.78 is 0. The Hall–Kier alpha value is -3.26. The van der Waals surface area contributed by atoms with Crippen molar-refractivity contribution >= 4 is 45.4 Å². The van der Waals surface area contributed by atoms with Gasteiger partial charge < -0.3 is 21.4 Å². The number of aromatic nitrogens is 1. The molecule has 1 aromatic heterocycles. The number of nitrogens with two attached hydrogens (primary N) is 1. The second-order valence-electron chi connectivity index (χ2n) is 6.82. The van der Waals surface area contributed by atoms with Crippen molar-refractivity contribution in [3.63, 3.8) is 0 Å². The highest BCUT2D eigenvalue weighted by Crippen LogP contribution is 2.29. The number of aryl methyl sites for hydroxylation is 1. The highest BCUT2D eigenvalue weighted by atomic mass is 32.2. The van der Waals surface area contributed by atoms with Crippen molar-refractivity contribution < 1.29 is 4.79 Å². The van der Waals surface area contributed by atoms with E-state index in [0.717, 1.165) is 33.3 Å². The van der Waals surface area contributed by atoms with Crippen LogP contribution in [0.25, 0.3) is 10.9 Å². The fourth-order valence-corrected chi connectivity index (χ4v) is 3.86. The smallest absolute Gasteiger partial charge is 0.234 e. The molecule has 1 aliphatic rings. The molecule has 3 aromatic rings. The predicted octanol–water partition coefficient (Wildman–Crippen LogP) is 3.43. The summed E-state index contributed by atoms with van der Waals surface area (Å²) in [4.78, 5) is 24.7. The summed E-state index contributed by atoms with van der Waals surface area (Å²) in [6.45, 7) is 4.02. The maximum Gasteiger partial charge on any atom is 0.234 e. The zero-order valence-corrected chi connectivity index (χ0v) is 17.0. The van der Waals surface area contributed by atoms with Crippen LogP contribution in [0.2, 0.25) is 0 Å². The molecule has 2 aromatic carbocycles. The highest BCUT2D eigenvalue weighted by molar-refractivity contribution is 8.14. The van der Waals surface area contributed by atoms with Gasteiger partial charge in [-0.15, -0.1) is 0 Å². The van der Waals surface area contributed by atoms with E-state index >= 15 is 0 Å². The monoisotopic (exact) mass is 406 g/mol. The number of H-pyrrole nitrogens is 1. The molecule has 29 heavy (non-hydrogen) atoms. The third-order valence-electron chi connectivity index (χ3n) is 4.85. The zero-order chi connectivity index (χ0) is 20.4. The fraction of sp³-hybridized carbons (Fsp3) is 0.190. The van der Waals surface area contributed by atoms with Gasteiger partial charge in [-0.2, -0.15) is 0 Å². The van der Waals surface area contributed by atoms with Gasteiger partial charge in [-0.3, -0.25) is 4.79 Å². The third-order valence-corrected chi connectivity index (χ3v) is 5.74. The topological polar surface area (TPSA) is 108 Å². The number of fused-ring (bicyclic) bond motifs is 1. The summed E-state index contributed by atoms with van der Waals surface area (Å²) in [5, 5.41) is 7.53. The van der Waals surface area contributed by atoms with E-state index in [1.54, 1.807) is 0 Å². The molecule has 2 heterocycles. The number of anilines is 1. The average molecular weight is 407 g/mol. The minimum Gasteiger partial charge on any atom is -0.370 e. The number of benzene rings is 2. The molecule has 0 saturated heterocycles. The molecule has 148 valence electrons. The Morgan fingerprint density at radius 3 is 2.86 bits per heavy atom. The second kappa shape index (κ2) is 8.00. The number of thioether (sulfide) groups is 1. The minimum atomic E-state index is -0.447. The van der Waals surface area contributed by atoms with Crippen LogP contribution in [-0.2, 0) is 4.79 Å². The summed E-state index contributed by atoms with van der Waals surface area (Å²) in [5.41, 5.74) is 11.0. The highest BCUT2D eigenvalue weighted by Gasteiger charge is 2.20. The minimum absolute atomic E-state index is 0.0991. The maximum atomic E-state index is 12.4. The normalized spacial score (nSPS) is 16.1. The molecule has 0 unspecified atom stereocenters. The van der Waals surface area contributed by atoms with Gasteiger partial charge in [-0.05, 0) is 37.1 Å². The SMILES string of the molecule is Cc1cccc(NC(=O)CSC2=N[C@H](c3c[nH]c4ccccc34)N=C(N)N2)c1C. The Balaban J connectivity index is 1.46. The molecule has 1 aliphatic heterocycles. The van der Waals surface area contributed by atoms with Gasteiger partial charge in [-0.25, -0.2) is 9.98 Å². The van der Waals surface area contributed by atoms with Crippen LogP contribution in [0.15, 0.2) is 58.6 Å². The quantitative estimate of drug-likeness (QED) is 0.532. The van der Waals surface area contributed by atoms with Crippen LogP contribution in [0.4, 0.5) is 5.69 Å². The molecule has 1 atom stereocenters. The molecule has 0 bridgehead atoms. The number of carbonyl (C=O) groups excluding carboxylic acids is 1. The molecule has 4 rings (SSSR count). The first kappa shape index (κ1) is 19.1. The van der Waals surface area contributed by atoms with Crippen LogP contribution in [0.3, 0.4) is 0 Å². The summed E-state index contributed by atoms with van der Waals surface area (Å²) in [6.07, 6.45) is 1.45. The van der Waals surface area contributed by atoms with E-state index in [1.807, 2.05) is 62.5 Å². The van der Waals surface area contributed by atoms with Gasteiger partial charge in [0, 0.05) is 28.4 Å². The number of hydrogen-bond donors (Lipinski definition) is 4. The number of carbonyl (C=O) groups is 1. The Labute approximate surface area is 172 Å². The standard InChI is InChI=1S/C21H22N6OS/c1-12-6-5-9-16(13(12)2)24-18(28)11-29-21-26-19(25-20(22)27-21)15-10-23-17-8-4-3-7-14(15)17/h3-10,19,23H,11H2,1-2H3,(H,24,28)(H3,22,25,26,27)/t19-/m1/s1. The second-order valence-corrected chi connectivity index (χ2v) is 7.79. The van der Waals surface area contributed by atoms with E-state index in [9.17, 15) is 4.79 Å². The van der Waals surface area contributed by atoms with E-state index in [4.69, 9.17) is 5.73 Å². The lowest BCUT2D eigenvalue weighted by Crippen LogP contribution is -2.39. The number of aliphatic imine (C=N–C) groups is 2. The molecule has 0 radical (unpaired) electrons. The molecule has 0 fully saturated rings. The van der Waals surface area contributed by atoms with Gasteiger partial charge in [0.2, 0.25) is 5.91 Å². The maximum absolute atomic E-state index is 12.4. The number of guanidine groups is 1. The molecule has 0 spiro atoms. The number of hydrogen-bond acceptors (Lipinski definition) is 6. The first-order chi connectivity index (χ1) is 14.0. The number of nitrogens with one attached hydrogen (secondary N) is 3. The van der Waals surface area contributed by atoms with Gasteiger partial charge >= 0.3 is 0 Å². The van der Waals surface area contributed by atoms with Crippen LogP contribution in [0.5, 0.6) is 0 Å². The number of rotatable bonds is 4. The summed E-state index contributed by atoms with van der Waals surface area (Å²) >= 11 is 1.30. The Kier molecular flexibility index (Phi) is 5.26. The lowest BCUT2D eigenvalue weighted by molar-refractivity contribution is -0.113. The Morgan fingerprint density at radius 1 is 1.17 bits per heavy atom. The lowest BCUT2D eigenvalue weighted by atomic mass is 10.1. The summed E-state index contributed by atoms with van der Waals surface area (Å²) in [5.74, 6) is 0.401. The zero-order valence-electron chi connectivity index (χ0n) is 16.2. The van der Waals surface area contributed by atoms with E-state index < -0.39 is 6.17 Å². The van der Waals surface area contributed by atoms with Crippen molar-refractivity contribution in [2.24, 2.45) is 15.7 Å². The van der Waals surface area contributed by atoms with Gasteiger partial charge in [0.1, 0.15) is 0 Å². The first-order valence-electron chi connectivity index (χ1n) is 9.24. The van der Waals surface area contributed by atoms with Crippen LogP contribution in [0, 0.1) is 13.8 Å². The summed E-state index contributed by atoms with van der Waals surface area (Å²) in [6, 6.07) is 13.8. The van der Waals surface area contributed by atoms with E-state index in [0.29, 0.717) is 5.17 Å². The Morgan fingerprint density at radius 2 is 2.00 bits per heavy atom. The number of amides is 1. The van der Waals surface area contributed by atoms with Crippen LogP contribution >= 0.6 is 11.8 Å². The van der Waals surface area contributed by atoms with Crippen molar-refractivity contribution in [1.82, 2.24) is 10.3 Å². The molecular weight excluding hydrogens is 384 g/mol. The van der Waals surface area contributed by atoms with Crippen molar-refractivity contribution in [2.45, 2.75) is 20.0 Å². The molecule has 0 saturated carbocycles. The lowest BCUT2D eigenvalue weighted by Gasteiger charge is -2.18. The molecule has 1 amide bonds.